The van der Waals surface area contributed by atoms with Gasteiger partial charge in [0.25, 0.3) is 15.7 Å². The molecule has 3 rings (SSSR count). The van der Waals surface area contributed by atoms with Crippen LogP contribution in [0, 0.1) is 10.1 Å². The molecular formula is C21H19ClN4O5S. The summed E-state index contributed by atoms with van der Waals surface area (Å²) in [6.07, 6.45) is 0. The van der Waals surface area contributed by atoms with Gasteiger partial charge in [0, 0.05) is 12.1 Å². The van der Waals surface area contributed by atoms with E-state index in [2.05, 4.69) is 15.2 Å². The first-order valence-corrected chi connectivity index (χ1v) is 11.1. The molecule has 0 amide bonds. The van der Waals surface area contributed by atoms with Gasteiger partial charge in [-0.3, -0.25) is 20.3 Å². The molecule has 0 fully saturated rings. The van der Waals surface area contributed by atoms with Crippen LogP contribution < -0.4 is 14.9 Å². The number of para-hydroxylation sites is 1. The van der Waals surface area contributed by atoms with E-state index < -0.39 is 14.9 Å². The highest BCUT2D eigenvalue weighted by Crippen LogP contribution is 2.30. The summed E-state index contributed by atoms with van der Waals surface area (Å²) < 4.78 is 33.6. The Labute approximate surface area is 189 Å². The standard InChI is InChI=1S/C21H19ClN4O5S/c1-14(15-7-10-17(31-2)11-8-15)23-24-20-12-9-16(26(27)28)13-21(20)32(29,30)25-19-6-4-3-5-18(19)22/h3-13,24-25H,1-2H3. The van der Waals surface area contributed by atoms with Crippen LogP contribution in [0.15, 0.2) is 76.7 Å². The van der Waals surface area contributed by atoms with Gasteiger partial charge in [0.2, 0.25) is 0 Å². The number of hydrazone groups is 1. The lowest BCUT2D eigenvalue weighted by Gasteiger charge is -2.13. The zero-order valence-corrected chi connectivity index (χ0v) is 18.6. The zero-order valence-electron chi connectivity index (χ0n) is 17.1. The SMILES string of the molecule is COc1ccc(C(C)=NNc2ccc([N+](=O)[O-])cc2S(=O)(=O)Nc2ccccc2Cl)cc1. The summed E-state index contributed by atoms with van der Waals surface area (Å²) in [7, 11) is -2.67. The van der Waals surface area contributed by atoms with Crippen molar-refractivity contribution in [2.75, 3.05) is 17.3 Å². The molecule has 0 heterocycles. The first kappa shape index (κ1) is 23.0. The van der Waals surface area contributed by atoms with E-state index in [1.54, 1.807) is 50.4 Å². The number of benzene rings is 3. The van der Waals surface area contributed by atoms with Gasteiger partial charge < -0.3 is 4.74 Å². The summed E-state index contributed by atoms with van der Waals surface area (Å²) in [4.78, 5) is 10.2. The second-order valence-corrected chi connectivity index (χ2v) is 8.62. The third kappa shape index (κ3) is 5.34. The molecule has 32 heavy (non-hydrogen) atoms. The van der Waals surface area contributed by atoms with Gasteiger partial charge in [-0.25, -0.2) is 8.42 Å². The normalized spacial score (nSPS) is 11.7. The first-order valence-electron chi connectivity index (χ1n) is 9.22. The molecule has 0 saturated heterocycles. The third-order valence-electron chi connectivity index (χ3n) is 4.44. The molecule has 11 heteroatoms. The van der Waals surface area contributed by atoms with Gasteiger partial charge in [-0.15, -0.1) is 0 Å². The van der Waals surface area contributed by atoms with Crippen LogP contribution in [-0.2, 0) is 10.0 Å². The van der Waals surface area contributed by atoms with E-state index in [-0.39, 0.29) is 27.0 Å². The van der Waals surface area contributed by atoms with Crippen molar-refractivity contribution in [2.24, 2.45) is 5.10 Å². The highest BCUT2D eigenvalue weighted by molar-refractivity contribution is 7.93. The van der Waals surface area contributed by atoms with Crippen molar-refractivity contribution in [2.45, 2.75) is 11.8 Å². The van der Waals surface area contributed by atoms with Crippen molar-refractivity contribution in [1.29, 1.82) is 0 Å². The number of methoxy groups -OCH3 is 1. The Bertz CT molecular complexity index is 1280. The van der Waals surface area contributed by atoms with Crippen molar-refractivity contribution >= 4 is 44.4 Å². The smallest absolute Gasteiger partial charge is 0.270 e. The summed E-state index contributed by atoms with van der Waals surface area (Å²) >= 11 is 6.05. The molecule has 0 bridgehead atoms. The summed E-state index contributed by atoms with van der Waals surface area (Å²) in [5, 5.41) is 15.6. The zero-order chi connectivity index (χ0) is 23.3. The van der Waals surface area contributed by atoms with E-state index in [0.717, 1.165) is 11.6 Å². The summed E-state index contributed by atoms with van der Waals surface area (Å²) in [5.41, 5.74) is 3.85. The molecule has 0 spiro atoms. The summed E-state index contributed by atoms with van der Waals surface area (Å²) in [6, 6.07) is 16.8. The predicted octanol–water partition coefficient (Wildman–Crippen LogP) is 4.89. The van der Waals surface area contributed by atoms with E-state index in [4.69, 9.17) is 16.3 Å². The maximum absolute atomic E-state index is 13.0. The van der Waals surface area contributed by atoms with Crippen molar-refractivity contribution in [3.8, 4) is 5.75 Å². The van der Waals surface area contributed by atoms with Gasteiger partial charge in [-0.2, -0.15) is 5.10 Å². The fourth-order valence-electron chi connectivity index (χ4n) is 2.72. The van der Waals surface area contributed by atoms with E-state index >= 15 is 0 Å². The minimum absolute atomic E-state index is 0.0583. The first-order chi connectivity index (χ1) is 15.2. The number of nitrogens with zero attached hydrogens (tertiary/aromatic N) is 2. The lowest BCUT2D eigenvalue weighted by molar-refractivity contribution is -0.385. The number of nitro benzene ring substituents is 1. The fourth-order valence-corrected chi connectivity index (χ4v) is 4.22. The second kappa shape index (κ2) is 9.67. The summed E-state index contributed by atoms with van der Waals surface area (Å²) in [6.45, 7) is 1.73. The minimum atomic E-state index is -4.23. The van der Waals surface area contributed by atoms with Gasteiger partial charge in [0.15, 0.2) is 0 Å². The van der Waals surface area contributed by atoms with Gasteiger partial charge >= 0.3 is 0 Å². The fraction of sp³-hybridized carbons (Fsp3) is 0.0952. The van der Waals surface area contributed by atoms with Crippen LogP contribution >= 0.6 is 11.6 Å². The Hall–Kier alpha value is -3.63. The average molecular weight is 475 g/mol. The molecule has 3 aromatic carbocycles. The molecule has 0 aliphatic rings. The number of anilines is 2. The van der Waals surface area contributed by atoms with Crippen LogP contribution in [0.3, 0.4) is 0 Å². The van der Waals surface area contributed by atoms with Crippen LogP contribution in [0.1, 0.15) is 12.5 Å². The Morgan fingerprint density at radius 1 is 1.06 bits per heavy atom. The predicted molar refractivity (Wildman–Crippen MR) is 124 cm³/mol. The lowest BCUT2D eigenvalue weighted by Crippen LogP contribution is -2.15. The molecule has 0 aliphatic carbocycles. The van der Waals surface area contributed by atoms with E-state index in [0.29, 0.717) is 11.5 Å². The highest BCUT2D eigenvalue weighted by atomic mass is 35.5. The number of hydrogen-bond donors (Lipinski definition) is 2. The van der Waals surface area contributed by atoms with Crippen molar-refractivity contribution < 1.29 is 18.1 Å². The Morgan fingerprint density at radius 3 is 2.38 bits per heavy atom. The van der Waals surface area contributed by atoms with Crippen LogP contribution in [0.25, 0.3) is 0 Å². The van der Waals surface area contributed by atoms with E-state index in [9.17, 15) is 18.5 Å². The number of halogens is 1. The maximum Gasteiger partial charge on any atom is 0.270 e. The summed E-state index contributed by atoms with van der Waals surface area (Å²) in [5.74, 6) is 0.684. The average Bonchev–Trinajstić information content (AvgIpc) is 2.78. The maximum atomic E-state index is 13.0. The molecule has 0 unspecified atom stereocenters. The highest BCUT2D eigenvalue weighted by Gasteiger charge is 2.23. The Morgan fingerprint density at radius 2 is 1.75 bits per heavy atom. The molecule has 0 radical (unpaired) electrons. The van der Waals surface area contributed by atoms with Gasteiger partial charge in [-0.05, 0) is 55.0 Å². The molecule has 0 aliphatic heterocycles. The molecule has 3 aromatic rings. The van der Waals surface area contributed by atoms with Crippen molar-refractivity contribution in [3.05, 3.63) is 87.4 Å². The van der Waals surface area contributed by atoms with E-state index in [1.165, 1.54) is 24.3 Å². The van der Waals surface area contributed by atoms with Gasteiger partial charge in [0.05, 0.1) is 34.1 Å². The van der Waals surface area contributed by atoms with Crippen molar-refractivity contribution in [3.63, 3.8) is 0 Å². The molecule has 9 nitrogen and oxygen atoms in total. The van der Waals surface area contributed by atoms with Crippen LogP contribution in [0.2, 0.25) is 5.02 Å². The molecule has 0 atom stereocenters. The number of sulfonamides is 1. The van der Waals surface area contributed by atoms with Crippen LogP contribution in [-0.4, -0.2) is 26.2 Å². The van der Waals surface area contributed by atoms with Crippen LogP contribution in [0.5, 0.6) is 5.75 Å². The number of hydrogen-bond acceptors (Lipinski definition) is 7. The molecule has 0 saturated carbocycles. The number of rotatable bonds is 8. The minimum Gasteiger partial charge on any atom is -0.497 e. The third-order valence-corrected chi connectivity index (χ3v) is 6.17. The quantitative estimate of drug-likeness (QED) is 0.272. The second-order valence-electron chi connectivity index (χ2n) is 6.56. The molecule has 166 valence electrons. The van der Waals surface area contributed by atoms with Gasteiger partial charge in [-0.1, -0.05) is 23.7 Å². The number of non-ortho nitro benzene ring substituents is 1. The monoisotopic (exact) mass is 474 g/mol. The molecule has 0 aromatic heterocycles. The number of nitrogens with one attached hydrogen (secondary N) is 2. The largest absolute Gasteiger partial charge is 0.497 e. The Kier molecular flexibility index (Phi) is 6.96. The van der Waals surface area contributed by atoms with Gasteiger partial charge in [0.1, 0.15) is 10.6 Å². The van der Waals surface area contributed by atoms with Crippen LogP contribution in [0.4, 0.5) is 17.1 Å². The van der Waals surface area contributed by atoms with E-state index in [1.807, 2.05) is 0 Å². The number of nitro groups is 1. The molecule has 2 N–H and O–H groups in total. The lowest BCUT2D eigenvalue weighted by atomic mass is 10.1. The Balaban J connectivity index is 1.97. The van der Waals surface area contributed by atoms with Crippen molar-refractivity contribution in [1.82, 2.24) is 0 Å². The number of ether oxygens (including phenoxy) is 1. The molecular weight excluding hydrogens is 456 g/mol. The topological polar surface area (TPSA) is 123 Å².